The predicted octanol–water partition coefficient (Wildman–Crippen LogP) is 2.75. The summed E-state index contributed by atoms with van der Waals surface area (Å²) in [5, 5.41) is 11.8. The van der Waals surface area contributed by atoms with E-state index in [1.807, 2.05) is 20.8 Å². The maximum atomic E-state index is 13.0. The first-order valence-electron chi connectivity index (χ1n) is 6.99. The zero-order valence-electron chi connectivity index (χ0n) is 12.4. The summed E-state index contributed by atoms with van der Waals surface area (Å²) in [4.78, 5) is 23.0. The van der Waals surface area contributed by atoms with Gasteiger partial charge in [0.25, 0.3) is 0 Å². The van der Waals surface area contributed by atoms with Crippen molar-refractivity contribution in [3.8, 4) is 0 Å². The molecule has 0 saturated heterocycles. The molecular formula is C16H20FNO3. The van der Waals surface area contributed by atoms with Crippen molar-refractivity contribution in [2.24, 2.45) is 17.3 Å². The first-order valence-corrected chi connectivity index (χ1v) is 6.99. The minimum absolute atomic E-state index is 0.244. The predicted molar refractivity (Wildman–Crippen MR) is 76.0 cm³/mol. The van der Waals surface area contributed by atoms with Crippen LogP contribution in [-0.2, 0) is 9.59 Å². The van der Waals surface area contributed by atoms with Crippen LogP contribution in [0.1, 0.15) is 38.8 Å². The number of carboxylic acid groups (broad SMARTS) is 1. The minimum atomic E-state index is -0.927. The van der Waals surface area contributed by atoms with Gasteiger partial charge in [0, 0.05) is 0 Å². The molecule has 0 aliphatic heterocycles. The summed E-state index contributed by atoms with van der Waals surface area (Å²) in [6, 6.07) is 5.72. The Morgan fingerprint density at radius 2 is 1.81 bits per heavy atom. The highest BCUT2D eigenvalue weighted by Crippen LogP contribution is 2.40. The number of halogens is 1. The highest BCUT2D eigenvalue weighted by molar-refractivity contribution is 5.89. The van der Waals surface area contributed by atoms with Crippen LogP contribution in [0.4, 0.5) is 4.39 Å². The number of carbonyl (C=O) groups is 2. The average Bonchev–Trinajstić information content (AvgIpc) is 3.16. The lowest BCUT2D eigenvalue weighted by Crippen LogP contribution is -2.38. The third-order valence-electron chi connectivity index (χ3n) is 3.80. The number of hydrogen-bond donors (Lipinski definition) is 2. The normalized spacial score (nSPS) is 22.5. The van der Waals surface area contributed by atoms with Crippen molar-refractivity contribution in [3.05, 3.63) is 35.6 Å². The van der Waals surface area contributed by atoms with Gasteiger partial charge >= 0.3 is 5.97 Å². The van der Waals surface area contributed by atoms with Crippen LogP contribution in [0.5, 0.6) is 0 Å². The smallest absolute Gasteiger partial charge is 0.307 e. The Hall–Kier alpha value is -1.91. The van der Waals surface area contributed by atoms with Crippen LogP contribution in [0.25, 0.3) is 0 Å². The van der Waals surface area contributed by atoms with Gasteiger partial charge in [0.1, 0.15) is 5.82 Å². The van der Waals surface area contributed by atoms with Crippen molar-refractivity contribution in [1.82, 2.24) is 5.32 Å². The number of aliphatic carboxylic acids is 1. The van der Waals surface area contributed by atoms with E-state index in [4.69, 9.17) is 5.11 Å². The molecule has 114 valence electrons. The van der Waals surface area contributed by atoms with Gasteiger partial charge in [0.2, 0.25) is 5.91 Å². The third kappa shape index (κ3) is 3.60. The Morgan fingerprint density at radius 1 is 1.24 bits per heavy atom. The SMILES string of the molecule is CC(C)(C)C(NC(=O)[C@@H]1C[C@@H]1C(=O)O)c1ccc(F)cc1. The second-order valence-corrected chi connectivity index (χ2v) is 6.65. The molecule has 0 radical (unpaired) electrons. The summed E-state index contributed by atoms with van der Waals surface area (Å²) >= 11 is 0. The van der Waals surface area contributed by atoms with Crippen LogP contribution < -0.4 is 5.32 Å². The second-order valence-electron chi connectivity index (χ2n) is 6.65. The van der Waals surface area contributed by atoms with E-state index in [1.165, 1.54) is 12.1 Å². The standard InChI is InChI=1S/C16H20FNO3/c1-16(2,3)13(9-4-6-10(17)7-5-9)18-14(19)11-8-12(11)15(20)21/h4-7,11-13H,8H2,1-3H3,(H,18,19)(H,20,21)/t11-,12+,13?/m1/s1. The lowest BCUT2D eigenvalue weighted by Gasteiger charge is -2.32. The van der Waals surface area contributed by atoms with Gasteiger partial charge in [0.05, 0.1) is 17.9 Å². The van der Waals surface area contributed by atoms with Gasteiger partial charge < -0.3 is 10.4 Å². The molecule has 0 bridgehead atoms. The molecule has 4 nitrogen and oxygen atoms in total. The number of carboxylic acids is 1. The van der Waals surface area contributed by atoms with Crippen molar-refractivity contribution in [1.29, 1.82) is 0 Å². The molecule has 1 aromatic carbocycles. The molecule has 1 aliphatic carbocycles. The van der Waals surface area contributed by atoms with Crippen LogP contribution >= 0.6 is 0 Å². The molecule has 1 aromatic rings. The Kier molecular flexibility index (Phi) is 4.03. The molecule has 1 aliphatic rings. The number of carbonyl (C=O) groups excluding carboxylic acids is 1. The summed E-state index contributed by atoms with van der Waals surface area (Å²) in [5.41, 5.74) is 0.547. The Balaban J connectivity index is 2.13. The fourth-order valence-electron chi connectivity index (χ4n) is 2.46. The molecule has 1 saturated carbocycles. The van der Waals surface area contributed by atoms with Gasteiger partial charge in [-0.2, -0.15) is 0 Å². The van der Waals surface area contributed by atoms with Crippen LogP contribution in [0, 0.1) is 23.1 Å². The fourth-order valence-corrected chi connectivity index (χ4v) is 2.46. The molecule has 1 fully saturated rings. The van der Waals surface area contributed by atoms with Crippen LogP contribution in [0.3, 0.4) is 0 Å². The monoisotopic (exact) mass is 293 g/mol. The fraction of sp³-hybridized carbons (Fsp3) is 0.500. The number of rotatable bonds is 4. The molecule has 0 spiro atoms. The van der Waals surface area contributed by atoms with Gasteiger partial charge in [-0.3, -0.25) is 9.59 Å². The lowest BCUT2D eigenvalue weighted by molar-refractivity contribution is -0.140. The molecule has 5 heteroatoms. The second kappa shape index (κ2) is 5.47. The van der Waals surface area contributed by atoms with E-state index in [0.717, 1.165) is 5.56 Å². The number of hydrogen-bond acceptors (Lipinski definition) is 2. The van der Waals surface area contributed by atoms with Crippen molar-refractivity contribution < 1.29 is 19.1 Å². The van der Waals surface area contributed by atoms with Crippen molar-refractivity contribution in [2.75, 3.05) is 0 Å². The van der Waals surface area contributed by atoms with Gasteiger partial charge in [-0.25, -0.2) is 4.39 Å². The van der Waals surface area contributed by atoms with Crippen molar-refractivity contribution >= 4 is 11.9 Å². The van der Waals surface area contributed by atoms with Crippen LogP contribution in [0.15, 0.2) is 24.3 Å². The van der Waals surface area contributed by atoms with E-state index in [-0.39, 0.29) is 23.2 Å². The molecular weight excluding hydrogens is 273 g/mol. The molecule has 3 atom stereocenters. The minimum Gasteiger partial charge on any atom is -0.481 e. The summed E-state index contributed by atoms with van der Waals surface area (Å²) in [7, 11) is 0. The van der Waals surface area contributed by atoms with Crippen molar-refractivity contribution in [3.63, 3.8) is 0 Å². The van der Waals surface area contributed by atoms with Gasteiger partial charge in [-0.05, 0) is 29.5 Å². The number of amides is 1. The zero-order chi connectivity index (χ0) is 15.8. The number of nitrogens with one attached hydrogen (secondary N) is 1. The summed E-state index contributed by atoms with van der Waals surface area (Å²) in [6.45, 7) is 5.93. The molecule has 1 amide bonds. The molecule has 1 unspecified atom stereocenters. The van der Waals surface area contributed by atoms with E-state index in [1.54, 1.807) is 12.1 Å². The van der Waals surface area contributed by atoms with Gasteiger partial charge in [-0.15, -0.1) is 0 Å². The van der Waals surface area contributed by atoms with Crippen LogP contribution in [-0.4, -0.2) is 17.0 Å². The Bertz CT molecular complexity index is 548. The molecule has 2 rings (SSSR count). The largest absolute Gasteiger partial charge is 0.481 e. The van der Waals surface area contributed by atoms with Gasteiger partial charge in [0.15, 0.2) is 0 Å². The van der Waals surface area contributed by atoms with E-state index in [2.05, 4.69) is 5.32 Å². The zero-order valence-corrected chi connectivity index (χ0v) is 12.4. The molecule has 0 aromatic heterocycles. The van der Waals surface area contributed by atoms with E-state index in [0.29, 0.717) is 6.42 Å². The molecule has 2 N–H and O–H groups in total. The van der Waals surface area contributed by atoms with E-state index >= 15 is 0 Å². The highest BCUT2D eigenvalue weighted by atomic mass is 19.1. The highest BCUT2D eigenvalue weighted by Gasteiger charge is 2.49. The van der Waals surface area contributed by atoms with Crippen molar-refractivity contribution in [2.45, 2.75) is 33.2 Å². The van der Waals surface area contributed by atoms with E-state index < -0.39 is 17.8 Å². The van der Waals surface area contributed by atoms with E-state index in [9.17, 15) is 14.0 Å². The molecule has 21 heavy (non-hydrogen) atoms. The topological polar surface area (TPSA) is 66.4 Å². The quantitative estimate of drug-likeness (QED) is 0.897. The first-order chi connectivity index (χ1) is 9.70. The maximum Gasteiger partial charge on any atom is 0.307 e. The maximum absolute atomic E-state index is 13.0. The Morgan fingerprint density at radius 3 is 2.24 bits per heavy atom. The summed E-state index contributed by atoms with van der Waals surface area (Å²) in [5.74, 6) is -2.52. The number of benzene rings is 1. The van der Waals surface area contributed by atoms with Crippen LogP contribution in [0.2, 0.25) is 0 Å². The Labute approximate surface area is 123 Å². The molecule has 0 heterocycles. The summed E-state index contributed by atoms with van der Waals surface area (Å²) < 4.78 is 13.0. The first kappa shape index (κ1) is 15.5. The van der Waals surface area contributed by atoms with Gasteiger partial charge in [-0.1, -0.05) is 32.9 Å². The third-order valence-corrected chi connectivity index (χ3v) is 3.80. The summed E-state index contributed by atoms with van der Waals surface area (Å²) in [6.07, 6.45) is 0.390. The average molecular weight is 293 g/mol. The lowest BCUT2D eigenvalue weighted by atomic mass is 9.82.